The molecular formula is C14H26N4S. The first-order valence-corrected chi connectivity index (χ1v) is 8.30. The van der Waals surface area contributed by atoms with E-state index in [-0.39, 0.29) is 0 Å². The average Bonchev–Trinajstić information content (AvgIpc) is 2.66. The van der Waals surface area contributed by atoms with E-state index in [9.17, 15) is 0 Å². The molecule has 5 heteroatoms. The maximum atomic E-state index is 4.28. The molecule has 1 atom stereocenters. The molecular weight excluding hydrogens is 256 g/mol. The monoisotopic (exact) mass is 282 g/mol. The summed E-state index contributed by atoms with van der Waals surface area (Å²) in [6, 6.07) is 0.566. The Hall–Kier alpha value is -0.680. The fourth-order valence-corrected chi connectivity index (χ4v) is 3.56. The van der Waals surface area contributed by atoms with Gasteiger partial charge in [-0.05, 0) is 38.3 Å². The Bertz CT molecular complexity index is 377. The van der Waals surface area contributed by atoms with Crippen LogP contribution in [-0.2, 0) is 6.42 Å². The van der Waals surface area contributed by atoms with Crippen molar-refractivity contribution in [1.82, 2.24) is 15.1 Å². The molecule has 1 aromatic rings. The number of rotatable bonds is 5. The maximum absolute atomic E-state index is 4.28. The lowest BCUT2D eigenvalue weighted by atomic mass is 10.1. The molecule has 0 bridgehead atoms. The third-order valence-electron chi connectivity index (χ3n) is 3.65. The van der Waals surface area contributed by atoms with E-state index in [0.717, 1.165) is 16.6 Å². The fraction of sp³-hybridized carbons (Fsp3) is 0.857. The van der Waals surface area contributed by atoms with Crippen molar-refractivity contribution in [2.45, 2.75) is 52.5 Å². The summed E-state index contributed by atoms with van der Waals surface area (Å²) in [5.41, 5.74) is 0. The molecule has 1 unspecified atom stereocenters. The Morgan fingerprint density at radius 2 is 2.16 bits per heavy atom. The minimum Gasteiger partial charge on any atom is -0.357 e. The molecule has 0 amide bonds. The van der Waals surface area contributed by atoms with Gasteiger partial charge in [-0.1, -0.05) is 32.1 Å². The van der Waals surface area contributed by atoms with E-state index in [2.05, 4.69) is 41.2 Å². The van der Waals surface area contributed by atoms with Crippen molar-refractivity contribution in [2.75, 3.05) is 25.0 Å². The maximum Gasteiger partial charge on any atom is 0.205 e. The highest BCUT2D eigenvalue weighted by atomic mass is 32.1. The van der Waals surface area contributed by atoms with Crippen LogP contribution in [0.4, 0.5) is 5.13 Å². The summed E-state index contributed by atoms with van der Waals surface area (Å²) in [6.45, 7) is 10.3. The Balaban J connectivity index is 1.85. The SMILES string of the molecule is CCN1CCCC(Nc2nnc(CC(C)C)s2)CC1. The van der Waals surface area contributed by atoms with Crippen LogP contribution in [0.5, 0.6) is 0 Å². The van der Waals surface area contributed by atoms with E-state index in [4.69, 9.17) is 0 Å². The van der Waals surface area contributed by atoms with Crippen molar-refractivity contribution < 1.29 is 0 Å². The molecule has 108 valence electrons. The van der Waals surface area contributed by atoms with Crippen LogP contribution in [-0.4, -0.2) is 40.8 Å². The molecule has 1 saturated heterocycles. The zero-order valence-corrected chi connectivity index (χ0v) is 13.2. The quantitative estimate of drug-likeness (QED) is 0.901. The topological polar surface area (TPSA) is 41.0 Å². The van der Waals surface area contributed by atoms with Crippen LogP contribution in [0.3, 0.4) is 0 Å². The smallest absolute Gasteiger partial charge is 0.205 e. The van der Waals surface area contributed by atoms with E-state index in [1.165, 1.54) is 38.9 Å². The summed E-state index contributed by atoms with van der Waals surface area (Å²) in [5.74, 6) is 0.650. The van der Waals surface area contributed by atoms with Gasteiger partial charge in [-0.2, -0.15) is 0 Å². The normalized spacial score (nSPS) is 21.6. The fourth-order valence-electron chi connectivity index (χ4n) is 2.53. The largest absolute Gasteiger partial charge is 0.357 e. The molecule has 19 heavy (non-hydrogen) atoms. The Morgan fingerprint density at radius 3 is 2.89 bits per heavy atom. The Labute approximate surface area is 120 Å². The van der Waals surface area contributed by atoms with Crippen LogP contribution < -0.4 is 5.32 Å². The predicted molar refractivity (Wildman–Crippen MR) is 81.8 cm³/mol. The van der Waals surface area contributed by atoms with Gasteiger partial charge in [-0.15, -0.1) is 10.2 Å². The molecule has 0 radical (unpaired) electrons. The highest BCUT2D eigenvalue weighted by molar-refractivity contribution is 7.15. The van der Waals surface area contributed by atoms with Crippen molar-refractivity contribution in [3.63, 3.8) is 0 Å². The van der Waals surface area contributed by atoms with Gasteiger partial charge in [0.05, 0.1) is 0 Å². The van der Waals surface area contributed by atoms with Gasteiger partial charge in [-0.3, -0.25) is 0 Å². The summed E-state index contributed by atoms with van der Waals surface area (Å²) in [6.07, 6.45) is 4.78. The Kier molecular flexibility index (Phi) is 5.58. The van der Waals surface area contributed by atoms with Gasteiger partial charge >= 0.3 is 0 Å². The summed E-state index contributed by atoms with van der Waals surface area (Å²) in [7, 11) is 0. The minimum absolute atomic E-state index is 0.566. The van der Waals surface area contributed by atoms with E-state index in [1.807, 2.05) is 0 Å². The molecule has 0 spiro atoms. The molecule has 4 nitrogen and oxygen atoms in total. The predicted octanol–water partition coefficient (Wildman–Crippen LogP) is 3.02. The van der Waals surface area contributed by atoms with Crippen LogP contribution in [0.1, 0.15) is 45.0 Å². The van der Waals surface area contributed by atoms with Gasteiger partial charge in [0.1, 0.15) is 5.01 Å². The van der Waals surface area contributed by atoms with Crippen molar-refractivity contribution in [2.24, 2.45) is 5.92 Å². The van der Waals surface area contributed by atoms with Gasteiger partial charge in [0, 0.05) is 19.0 Å². The molecule has 1 aromatic heterocycles. The second kappa shape index (κ2) is 7.20. The first-order valence-electron chi connectivity index (χ1n) is 7.48. The van der Waals surface area contributed by atoms with Crippen LogP contribution in [0.15, 0.2) is 0 Å². The zero-order valence-electron chi connectivity index (χ0n) is 12.4. The lowest BCUT2D eigenvalue weighted by Crippen LogP contribution is -2.26. The standard InChI is InChI=1S/C14H26N4S/c1-4-18-8-5-6-12(7-9-18)15-14-17-16-13(19-14)10-11(2)3/h11-12H,4-10H2,1-3H3,(H,15,17). The Morgan fingerprint density at radius 1 is 1.32 bits per heavy atom. The van der Waals surface area contributed by atoms with Gasteiger partial charge in [0.15, 0.2) is 0 Å². The van der Waals surface area contributed by atoms with Crippen LogP contribution in [0.2, 0.25) is 0 Å². The number of likely N-dealkylation sites (tertiary alicyclic amines) is 1. The first-order chi connectivity index (χ1) is 9.17. The van der Waals surface area contributed by atoms with E-state index >= 15 is 0 Å². The summed E-state index contributed by atoms with van der Waals surface area (Å²) in [5, 5.41) is 14.3. The summed E-state index contributed by atoms with van der Waals surface area (Å²) >= 11 is 1.72. The highest BCUT2D eigenvalue weighted by Crippen LogP contribution is 2.21. The summed E-state index contributed by atoms with van der Waals surface area (Å²) in [4.78, 5) is 2.53. The number of hydrogen-bond acceptors (Lipinski definition) is 5. The third-order valence-corrected chi connectivity index (χ3v) is 4.52. The zero-order chi connectivity index (χ0) is 13.7. The number of nitrogens with one attached hydrogen (secondary N) is 1. The molecule has 2 heterocycles. The molecule has 0 saturated carbocycles. The lowest BCUT2D eigenvalue weighted by Gasteiger charge is -2.17. The van der Waals surface area contributed by atoms with Crippen LogP contribution >= 0.6 is 11.3 Å². The molecule has 1 aliphatic heterocycles. The van der Waals surface area contributed by atoms with Crippen LogP contribution in [0, 0.1) is 5.92 Å². The number of nitrogens with zero attached hydrogens (tertiary/aromatic N) is 3. The lowest BCUT2D eigenvalue weighted by molar-refractivity contribution is 0.300. The molecule has 1 N–H and O–H groups in total. The first kappa shape index (κ1) is 14.7. The number of hydrogen-bond donors (Lipinski definition) is 1. The third kappa shape index (κ3) is 4.73. The van der Waals surface area contributed by atoms with E-state index in [0.29, 0.717) is 12.0 Å². The number of aromatic nitrogens is 2. The van der Waals surface area contributed by atoms with Gasteiger partial charge < -0.3 is 10.2 Å². The molecule has 0 aliphatic carbocycles. The minimum atomic E-state index is 0.566. The van der Waals surface area contributed by atoms with E-state index < -0.39 is 0 Å². The van der Waals surface area contributed by atoms with E-state index in [1.54, 1.807) is 11.3 Å². The average molecular weight is 282 g/mol. The second-order valence-corrected chi connectivity index (χ2v) is 6.87. The van der Waals surface area contributed by atoms with Crippen LogP contribution in [0.25, 0.3) is 0 Å². The molecule has 0 aromatic carbocycles. The van der Waals surface area contributed by atoms with Gasteiger partial charge in [0.2, 0.25) is 5.13 Å². The van der Waals surface area contributed by atoms with Gasteiger partial charge in [0.25, 0.3) is 0 Å². The van der Waals surface area contributed by atoms with Crippen molar-refractivity contribution in [3.8, 4) is 0 Å². The summed E-state index contributed by atoms with van der Waals surface area (Å²) < 4.78 is 0. The number of anilines is 1. The van der Waals surface area contributed by atoms with Crippen molar-refractivity contribution in [1.29, 1.82) is 0 Å². The highest BCUT2D eigenvalue weighted by Gasteiger charge is 2.17. The van der Waals surface area contributed by atoms with Crippen molar-refractivity contribution in [3.05, 3.63) is 5.01 Å². The van der Waals surface area contributed by atoms with Gasteiger partial charge in [-0.25, -0.2) is 0 Å². The molecule has 2 rings (SSSR count). The molecule has 1 aliphatic rings. The molecule has 1 fully saturated rings. The van der Waals surface area contributed by atoms with Crippen molar-refractivity contribution >= 4 is 16.5 Å². The second-order valence-electron chi connectivity index (χ2n) is 5.81.